The first-order valence-electron chi connectivity index (χ1n) is 2.99. The summed E-state index contributed by atoms with van der Waals surface area (Å²) in [6.07, 6.45) is 3.27. The van der Waals surface area contributed by atoms with Crippen molar-refractivity contribution in [2.75, 3.05) is 0 Å². The lowest BCUT2D eigenvalue weighted by Gasteiger charge is -1.90. The van der Waals surface area contributed by atoms with Crippen molar-refractivity contribution in [3.63, 3.8) is 0 Å². The molecule has 1 N–H and O–H groups in total. The minimum absolute atomic E-state index is 0.347. The van der Waals surface area contributed by atoms with Crippen molar-refractivity contribution in [2.45, 2.75) is 0 Å². The quantitative estimate of drug-likeness (QED) is 0.704. The van der Waals surface area contributed by atoms with Crippen LogP contribution in [0.4, 0.5) is 0 Å². The monoisotopic (exact) mass is 213 g/mol. The van der Waals surface area contributed by atoms with E-state index < -0.39 is 0 Å². The molecule has 0 saturated carbocycles. The van der Waals surface area contributed by atoms with E-state index >= 15 is 0 Å². The van der Waals surface area contributed by atoms with Gasteiger partial charge in [0.05, 0.1) is 11.7 Å². The summed E-state index contributed by atoms with van der Waals surface area (Å²) in [4.78, 5) is 14.3. The summed E-state index contributed by atoms with van der Waals surface area (Å²) in [6.45, 7) is 0. The predicted molar refractivity (Wildman–Crippen MR) is 43.5 cm³/mol. The SMILES string of the molecule is O=c1ncc2c(Br)ccn2[nH]1. The molecule has 0 radical (unpaired) electrons. The van der Waals surface area contributed by atoms with Crippen molar-refractivity contribution in [3.05, 3.63) is 33.4 Å². The molecule has 2 heterocycles. The topological polar surface area (TPSA) is 50.2 Å². The van der Waals surface area contributed by atoms with Crippen LogP contribution in [-0.2, 0) is 0 Å². The summed E-state index contributed by atoms with van der Waals surface area (Å²) < 4.78 is 2.53. The van der Waals surface area contributed by atoms with Crippen LogP contribution in [0.2, 0.25) is 0 Å². The largest absolute Gasteiger partial charge is 0.360 e. The molecule has 0 bridgehead atoms. The number of halogens is 1. The average Bonchev–Trinajstić information content (AvgIpc) is 2.32. The third kappa shape index (κ3) is 0.970. The Morgan fingerprint density at radius 1 is 1.64 bits per heavy atom. The summed E-state index contributed by atoms with van der Waals surface area (Å²) >= 11 is 3.31. The van der Waals surface area contributed by atoms with Crippen molar-refractivity contribution in [2.24, 2.45) is 0 Å². The maximum Gasteiger partial charge on any atom is 0.360 e. The third-order valence-corrected chi connectivity index (χ3v) is 2.06. The lowest BCUT2D eigenvalue weighted by atomic mass is 10.5. The highest BCUT2D eigenvalue weighted by Gasteiger charge is 1.97. The maximum absolute atomic E-state index is 10.7. The fourth-order valence-corrected chi connectivity index (χ4v) is 1.31. The molecule has 0 aliphatic heterocycles. The molecule has 2 rings (SSSR count). The van der Waals surface area contributed by atoms with Gasteiger partial charge in [0.2, 0.25) is 0 Å². The van der Waals surface area contributed by atoms with Gasteiger partial charge in [0.25, 0.3) is 0 Å². The van der Waals surface area contributed by atoms with E-state index in [1.807, 2.05) is 6.07 Å². The molecule has 0 aromatic carbocycles. The molecular weight excluding hydrogens is 210 g/mol. The Morgan fingerprint density at radius 2 is 2.45 bits per heavy atom. The third-order valence-electron chi connectivity index (χ3n) is 1.39. The zero-order chi connectivity index (χ0) is 7.84. The fraction of sp³-hybridized carbons (Fsp3) is 0. The Bertz CT molecular complexity index is 444. The average molecular weight is 214 g/mol. The van der Waals surface area contributed by atoms with Crippen LogP contribution < -0.4 is 5.69 Å². The second-order valence-corrected chi connectivity index (χ2v) is 2.95. The molecule has 0 aliphatic rings. The number of hydrogen-bond acceptors (Lipinski definition) is 2. The molecule has 56 valence electrons. The number of aromatic nitrogens is 3. The van der Waals surface area contributed by atoms with Crippen LogP contribution in [-0.4, -0.2) is 14.6 Å². The van der Waals surface area contributed by atoms with E-state index in [2.05, 4.69) is 26.0 Å². The molecule has 5 heteroatoms. The lowest BCUT2D eigenvalue weighted by Crippen LogP contribution is -2.12. The number of nitrogens with zero attached hydrogens (tertiary/aromatic N) is 2. The van der Waals surface area contributed by atoms with Gasteiger partial charge >= 0.3 is 5.69 Å². The van der Waals surface area contributed by atoms with Gasteiger partial charge in [0.15, 0.2) is 0 Å². The number of hydrogen-bond donors (Lipinski definition) is 1. The van der Waals surface area contributed by atoms with Gasteiger partial charge in [-0.3, -0.25) is 4.52 Å². The Morgan fingerprint density at radius 3 is 3.27 bits per heavy atom. The van der Waals surface area contributed by atoms with Crippen molar-refractivity contribution >= 4 is 21.4 Å². The van der Waals surface area contributed by atoms with E-state index in [0.717, 1.165) is 9.99 Å². The highest BCUT2D eigenvalue weighted by atomic mass is 79.9. The van der Waals surface area contributed by atoms with Crippen LogP contribution in [0.5, 0.6) is 0 Å². The van der Waals surface area contributed by atoms with Crippen LogP contribution in [0, 0.1) is 0 Å². The van der Waals surface area contributed by atoms with Crippen LogP contribution in [0.15, 0.2) is 27.7 Å². The van der Waals surface area contributed by atoms with Crippen molar-refractivity contribution in [1.29, 1.82) is 0 Å². The summed E-state index contributed by atoms with van der Waals surface area (Å²) in [6, 6.07) is 1.84. The Balaban J connectivity index is 2.96. The predicted octanol–water partition coefficient (Wildman–Crippen LogP) is 0.785. The van der Waals surface area contributed by atoms with Crippen molar-refractivity contribution in [1.82, 2.24) is 14.6 Å². The summed E-state index contributed by atoms with van der Waals surface area (Å²) in [5, 5.41) is 2.53. The molecule has 0 amide bonds. The van der Waals surface area contributed by atoms with Gasteiger partial charge in [0.1, 0.15) is 0 Å². The first-order valence-corrected chi connectivity index (χ1v) is 3.78. The van der Waals surface area contributed by atoms with Crippen LogP contribution >= 0.6 is 15.9 Å². The zero-order valence-electron chi connectivity index (χ0n) is 5.41. The van der Waals surface area contributed by atoms with Crippen LogP contribution in [0.3, 0.4) is 0 Å². The van der Waals surface area contributed by atoms with Gasteiger partial charge in [-0.1, -0.05) is 0 Å². The second-order valence-electron chi connectivity index (χ2n) is 2.09. The maximum atomic E-state index is 10.7. The Labute approximate surface area is 70.0 Å². The molecular formula is C6H4BrN3O. The van der Waals surface area contributed by atoms with E-state index in [1.165, 1.54) is 6.20 Å². The summed E-state index contributed by atoms with van der Waals surface area (Å²) in [5.74, 6) is 0. The summed E-state index contributed by atoms with van der Waals surface area (Å²) in [7, 11) is 0. The second kappa shape index (κ2) is 2.20. The highest BCUT2D eigenvalue weighted by molar-refractivity contribution is 9.10. The molecule has 2 aromatic rings. The first kappa shape index (κ1) is 6.60. The van der Waals surface area contributed by atoms with Gasteiger partial charge in [-0.25, -0.2) is 9.89 Å². The van der Waals surface area contributed by atoms with E-state index in [4.69, 9.17) is 0 Å². The zero-order valence-corrected chi connectivity index (χ0v) is 7.00. The van der Waals surface area contributed by atoms with E-state index in [1.54, 1.807) is 10.7 Å². The van der Waals surface area contributed by atoms with Crippen LogP contribution in [0.1, 0.15) is 0 Å². The molecule has 11 heavy (non-hydrogen) atoms. The summed E-state index contributed by atoms with van der Waals surface area (Å²) in [5.41, 5.74) is 0.505. The van der Waals surface area contributed by atoms with Crippen LogP contribution in [0.25, 0.3) is 5.52 Å². The molecule has 0 atom stereocenters. The Kier molecular flexibility index (Phi) is 1.32. The van der Waals surface area contributed by atoms with Gasteiger partial charge in [-0.15, -0.1) is 0 Å². The molecule has 0 spiro atoms. The number of aromatic amines is 1. The minimum Gasteiger partial charge on any atom is -0.257 e. The normalized spacial score (nSPS) is 10.6. The van der Waals surface area contributed by atoms with Crippen molar-refractivity contribution < 1.29 is 0 Å². The van der Waals surface area contributed by atoms with Gasteiger partial charge in [0, 0.05) is 10.7 Å². The van der Waals surface area contributed by atoms with Gasteiger partial charge in [-0.05, 0) is 22.0 Å². The fourth-order valence-electron chi connectivity index (χ4n) is 0.894. The molecule has 0 saturated heterocycles. The number of H-pyrrole nitrogens is 1. The Hall–Kier alpha value is -1.10. The molecule has 0 unspecified atom stereocenters. The van der Waals surface area contributed by atoms with E-state index in [-0.39, 0.29) is 5.69 Å². The van der Waals surface area contributed by atoms with E-state index in [9.17, 15) is 4.79 Å². The number of rotatable bonds is 0. The van der Waals surface area contributed by atoms with Crippen molar-refractivity contribution in [3.8, 4) is 0 Å². The molecule has 0 aliphatic carbocycles. The first-order chi connectivity index (χ1) is 5.27. The highest BCUT2D eigenvalue weighted by Crippen LogP contribution is 2.15. The smallest absolute Gasteiger partial charge is 0.257 e. The lowest BCUT2D eigenvalue weighted by molar-refractivity contribution is 0.859. The molecule has 2 aromatic heterocycles. The van der Waals surface area contributed by atoms with E-state index in [0.29, 0.717) is 0 Å². The molecule has 4 nitrogen and oxygen atoms in total. The molecule has 0 fully saturated rings. The number of nitrogens with one attached hydrogen (secondary N) is 1. The minimum atomic E-state index is -0.347. The van der Waals surface area contributed by atoms with Gasteiger partial charge in [-0.2, -0.15) is 4.98 Å². The number of fused-ring (bicyclic) bond motifs is 1. The standard InChI is InChI=1S/C6H4BrN3O/c7-4-1-2-10-5(4)3-8-6(11)9-10/h1-3H,(H,9,11). The van der Waals surface area contributed by atoms with Gasteiger partial charge < -0.3 is 0 Å².